The van der Waals surface area contributed by atoms with Gasteiger partial charge in [0.15, 0.2) is 11.2 Å². The van der Waals surface area contributed by atoms with Gasteiger partial charge in [-0.05, 0) is 44.2 Å². The third-order valence-electron chi connectivity index (χ3n) is 5.60. The summed E-state index contributed by atoms with van der Waals surface area (Å²) in [5.41, 5.74) is 2.56. The van der Waals surface area contributed by atoms with Crippen LogP contribution in [0.4, 0.5) is 4.39 Å². The molecule has 176 valence electrons. The summed E-state index contributed by atoms with van der Waals surface area (Å²) in [7, 11) is 2.93. The Labute approximate surface area is 193 Å². The van der Waals surface area contributed by atoms with Crippen molar-refractivity contribution in [3.8, 4) is 5.69 Å². The highest BCUT2D eigenvalue weighted by molar-refractivity contribution is 5.87. The van der Waals surface area contributed by atoms with Crippen LogP contribution in [0.3, 0.4) is 0 Å². The average molecular weight is 466 g/mol. The van der Waals surface area contributed by atoms with E-state index in [1.165, 1.54) is 43.2 Å². The lowest BCUT2D eigenvalue weighted by atomic mass is 10.2. The molecule has 0 aliphatic carbocycles. The topological polar surface area (TPSA) is 106 Å². The van der Waals surface area contributed by atoms with E-state index in [-0.39, 0.29) is 30.1 Å². The maximum absolute atomic E-state index is 13.2. The Morgan fingerprint density at radius 2 is 1.82 bits per heavy atom. The molecule has 0 radical (unpaired) electrons. The number of benzene rings is 1. The van der Waals surface area contributed by atoms with Crippen LogP contribution in [0, 0.1) is 19.7 Å². The second-order valence-corrected chi connectivity index (χ2v) is 7.79. The molecule has 0 aliphatic heterocycles. The van der Waals surface area contributed by atoms with E-state index in [2.05, 4.69) is 10.1 Å². The van der Waals surface area contributed by atoms with Crippen molar-refractivity contribution in [2.24, 2.45) is 14.1 Å². The highest BCUT2D eigenvalue weighted by Gasteiger charge is 2.15. The van der Waals surface area contributed by atoms with Gasteiger partial charge in [0, 0.05) is 31.4 Å². The standard InChI is InChI=1S/C23H23FN6O4/c1-14-18(15(2)30(26-14)17-7-5-16(24)6-8-17)9-10-19(31)34-12-11-29-13-25-21-20(29)22(32)28(4)23(33)27(21)3/h5-10,13H,11-12H2,1-4H3/b10-9+. The molecule has 11 heteroatoms. The van der Waals surface area contributed by atoms with E-state index in [1.807, 2.05) is 13.8 Å². The Morgan fingerprint density at radius 3 is 2.53 bits per heavy atom. The molecule has 0 spiro atoms. The second kappa shape index (κ2) is 8.93. The molecule has 4 aromatic rings. The summed E-state index contributed by atoms with van der Waals surface area (Å²) in [5.74, 6) is -0.890. The summed E-state index contributed by atoms with van der Waals surface area (Å²) in [6.45, 7) is 3.87. The van der Waals surface area contributed by atoms with Gasteiger partial charge in [0.05, 0.1) is 24.3 Å². The summed E-state index contributed by atoms with van der Waals surface area (Å²) in [6.07, 6.45) is 4.37. The van der Waals surface area contributed by atoms with Crippen LogP contribution < -0.4 is 11.2 Å². The van der Waals surface area contributed by atoms with Crippen molar-refractivity contribution < 1.29 is 13.9 Å². The molecule has 0 unspecified atom stereocenters. The SMILES string of the molecule is Cc1nn(-c2ccc(F)cc2)c(C)c1/C=C/C(=O)OCCn1cnc2c1c(=O)n(C)c(=O)n2C. The molecule has 0 atom stereocenters. The zero-order chi connectivity index (χ0) is 24.6. The number of aryl methyl sites for hydroxylation is 2. The van der Waals surface area contributed by atoms with Crippen molar-refractivity contribution in [1.29, 1.82) is 0 Å². The minimum absolute atomic E-state index is 0.00737. The van der Waals surface area contributed by atoms with Gasteiger partial charge in [-0.3, -0.25) is 13.9 Å². The van der Waals surface area contributed by atoms with Crippen molar-refractivity contribution in [3.63, 3.8) is 0 Å². The molecule has 3 aromatic heterocycles. The second-order valence-electron chi connectivity index (χ2n) is 7.79. The van der Waals surface area contributed by atoms with Crippen molar-refractivity contribution in [1.82, 2.24) is 28.5 Å². The molecule has 0 N–H and O–H groups in total. The van der Waals surface area contributed by atoms with Crippen LogP contribution in [0.5, 0.6) is 0 Å². The largest absolute Gasteiger partial charge is 0.461 e. The summed E-state index contributed by atoms with van der Waals surface area (Å²) in [4.78, 5) is 40.9. The predicted molar refractivity (Wildman–Crippen MR) is 123 cm³/mol. The number of esters is 1. The first-order valence-corrected chi connectivity index (χ1v) is 10.5. The summed E-state index contributed by atoms with van der Waals surface area (Å²) >= 11 is 0. The third kappa shape index (κ3) is 4.07. The summed E-state index contributed by atoms with van der Waals surface area (Å²) < 4.78 is 24.0. The number of fused-ring (bicyclic) bond motifs is 1. The number of imidazole rings is 1. The molecule has 1 aromatic carbocycles. The van der Waals surface area contributed by atoms with Gasteiger partial charge in [0.1, 0.15) is 12.4 Å². The number of nitrogens with zero attached hydrogens (tertiary/aromatic N) is 6. The molecular weight excluding hydrogens is 443 g/mol. The highest BCUT2D eigenvalue weighted by atomic mass is 19.1. The molecule has 0 fully saturated rings. The van der Waals surface area contributed by atoms with E-state index >= 15 is 0 Å². The Morgan fingerprint density at radius 1 is 1.12 bits per heavy atom. The quantitative estimate of drug-likeness (QED) is 0.316. The van der Waals surface area contributed by atoms with E-state index in [0.717, 1.165) is 15.8 Å². The maximum Gasteiger partial charge on any atom is 0.332 e. The molecular formula is C23H23FN6O4. The molecule has 10 nitrogen and oxygen atoms in total. The third-order valence-corrected chi connectivity index (χ3v) is 5.60. The summed E-state index contributed by atoms with van der Waals surface area (Å²) in [5, 5.41) is 4.47. The number of halogens is 1. The normalized spacial score (nSPS) is 11.6. The van der Waals surface area contributed by atoms with Crippen LogP contribution in [0.2, 0.25) is 0 Å². The van der Waals surface area contributed by atoms with Gasteiger partial charge in [0.2, 0.25) is 0 Å². The number of hydrogen-bond acceptors (Lipinski definition) is 6. The number of ether oxygens (including phenoxy) is 1. The minimum atomic E-state index is -0.557. The van der Waals surface area contributed by atoms with Gasteiger partial charge >= 0.3 is 11.7 Å². The van der Waals surface area contributed by atoms with Gasteiger partial charge in [-0.2, -0.15) is 5.10 Å². The molecule has 0 saturated carbocycles. The van der Waals surface area contributed by atoms with E-state index in [4.69, 9.17) is 4.74 Å². The lowest BCUT2D eigenvalue weighted by Crippen LogP contribution is -2.37. The van der Waals surface area contributed by atoms with Crippen LogP contribution in [-0.2, 0) is 30.2 Å². The van der Waals surface area contributed by atoms with Crippen molar-refractivity contribution in [2.45, 2.75) is 20.4 Å². The molecule has 0 amide bonds. The van der Waals surface area contributed by atoms with Gasteiger partial charge in [0.25, 0.3) is 5.56 Å². The molecule has 0 bridgehead atoms. The van der Waals surface area contributed by atoms with Crippen molar-refractivity contribution in [2.75, 3.05) is 6.61 Å². The summed E-state index contributed by atoms with van der Waals surface area (Å²) in [6, 6.07) is 5.97. The zero-order valence-electron chi connectivity index (χ0n) is 19.1. The number of carbonyl (C=O) groups excluding carboxylic acids is 1. The van der Waals surface area contributed by atoms with Crippen LogP contribution in [0.15, 0.2) is 46.3 Å². The first-order chi connectivity index (χ1) is 16.2. The number of carbonyl (C=O) groups is 1. The number of hydrogen-bond donors (Lipinski definition) is 0. The van der Waals surface area contributed by atoms with E-state index in [0.29, 0.717) is 11.4 Å². The fourth-order valence-corrected chi connectivity index (χ4v) is 3.74. The number of aromatic nitrogens is 6. The van der Waals surface area contributed by atoms with Crippen LogP contribution in [0.1, 0.15) is 17.0 Å². The average Bonchev–Trinajstić information content (AvgIpc) is 3.36. The van der Waals surface area contributed by atoms with Gasteiger partial charge in [-0.25, -0.2) is 23.6 Å². The minimum Gasteiger partial charge on any atom is -0.461 e. The molecule has 4 rings (SSSR count). The van der Waals surface area contributed by atoms with Crippen molar-refractivity contribution in [3.05, 3.63) is 80.3 Å². The van der Waals surface area contributed by atoms with E-state index in [1.54, 1.807) is 27.5 Å². The van der Waals surface area contributed by atoms with Crippen LogP contribution >= 0.6 is 0 Å². The Kier molecular flexibility index (Phi) is 6.01. The zero-order valence-corrected chi connectivity index (χ0v) is 19.1. The molecule has 34 heavy (non-hydrogen) atoms. The highest BCUT2D eigenvalue weighted by Crippen LogP contribution is 2.19. The molecule has 0 saturated heterocycles. The maximum atomic E-state index is 13.2. The number of rotatable bonds is 6. The monoisotopic (exact) mass is 466 g/mol. The lowest BCUT2D eigenvalue weighted by Gasteiger charge is -2.07. The smallest absolute Gasteiger partial charge is 0.332 e. The Balaban J connectivity index is 1.45. The van der Waals surface area contributed by atoms with Crippen LogP contribution in [-0.4, -0.2) is 41.0 Å². The lowest BCUT2D eigenvalue weighted by molar-refractivity contribution is -0.137. The predicted octanol–water partition coefficient (Wildman–Crippen LogP) is 1.63. The van der Waals surface area contributed by atoms with E-state index in [9.17, 15) is 18.8 Å². The first-order valence-electron chi connectivity index (χ1n) is 10.5. The molecule has 0 aliphatic rings. The van der Waals surface area contributed by atoms with Gasteiger partial charge in [-0.15, -0.1) is 0 Å². The fourth-order valence-electron chi connectivity index (χ4n) is 3.74. The Bertz CT molecular complexity index is 1540. The van der Waals surface area contributed by atoms with Crippen molar-refractivity contribution >= 4 is 23.2 Å². The fraction of sp³-hybridized carbons (Fsp3) is 0.261. The van der Waals surface area contributed by atoms with E-state index < -0.39 is 17.2 Å². The van der Waals surface area contributed by atoms with Gasteiger partial charge < -0.3 is 9.30 Å². The Hall–Kier alpha value is -4.28. The van der Waals surface area contributed by atoms with Crippen LogP contribution in [0.25, 0.3) is 22.9 Å². The molecule has 3 heterocycles. The van der Waals surface area contributed by atoms with Gasteiger partial charge in [-0.1, -0.05) is 0 Å². The first kappa shape index (κ1) is 22.9.